The van der Waals surface area contributed by atoms with E-state index in [2.05, 4.69) is 25.0 Å². The molecule has 0 fully saturated rings. The highest BCUT2D eigenvalue weighted by Gasteiger charge is 2.12. The Kier molecular flexibility index (Phi) is 3.24. The van der Waals surface area contributed by atoms with Gasteiger partial charge in [0.15, 0.2) is 5.82 Å². The molecule has 0 bridgehead atoms. The number of halogens is 1. The molecule has 1 aromatic carbocycles. The van der Waals surface area contributed by atoms with Gasteiger partial charge in [-0.05, 0) is 11.6 Å². The summed E-state index contributed by atoms with van der Waals surface area (Å²) < 4.78 is 1.31. The summed E-state index contributed by atoms with van der Waals surface area (Å²) in [6.45, 7) is 0. The number of hydrogen-bond acceptors (Lipinski definition) is 7. The topological polar surface area (TPSA) is 113 Å². The molecule has 0 amide bonds. The summed E-state index contributed by atoms with van der Waals surface area (Å²) in [5, 5.41) is 14.7. The molecule has 0 aliphatic rings. The Morgan fingerprint density at radius 3 is 2.81 bits per heavy atom. The number of nitro benzene ring substituents is 1. The predicted molar refractivity (Wildman–Crippen MR) is 71.8 cm³/mol. The van der Waals surface area contributed by atoms with Crippen molar-refractivity contribution in [3.8, 4) is 17.3 Å². The van der Waals surface area contributed by atoms with Crippen molar-refractivity contribution in [3.63, 3.8) is 0 Å². The maximum atomic E-state index is 10.8. The van der Waals surface area contributed by atoms with Crippen molar-refractivity contribution in [2.24, 2.45) is 0 Å². The van der Waals surface area contributed by atoms with Crippen LogP contribution in [0.1, 0.15) is 0 Å². The largest absolute Gasteiger partial charge is 0.270 e. The summed E-state index contributed by atoms with van der Waals surface area (Å²) in [5.41, 5.74) is 0.390. The minimum atomic E-state index is -0.495. The second kappa shape index (κ2) is 5.21. The van der Waals surface area contributed by atoms with Crippen LogP contribution < -0.4 is 0 Å². The molecule has 0 unspecified atom stereocenters. The monoisotopic (exact) mass is 303 g/mol. The standard InChI is InChI=1S/C11H6ClN7O2/c12-10-15-9(7-2-1-3-8(4-7)19(20)21)16-11(17-10)18-6-13-5-14-18/h1-6H. The van der Waals surface area contributed by atoms with Gasteiger partial charge in [0.25, 0.3) is 11.6 Å². The molecular formula is C11H6ClN7O2. The van der Waals surface area contributed by atoms with Crippen molar-refractivity contribution in [1.82, 2.24) is 29.7 Å². The molecule has 0 saturated heterocycles. The fourth-order valence-electron chi connectivity index (χ4n) is 1.64. The van der Waals surface area contributed by atoms with E-state index >= 15 is 0 Å². The fourth-order valence-corrected chi connectivity index (χ4v) is 1.80. The Morgan fingerprint density at radius 1 is 1.24 bits per heavy atom. The Balaban J connectivity index is 2.10. The summed E-state index contributed by atoms with van der Waals surface area (Å²) >= 11 is 5.86. The van der Waals surface area contributed by atoms with Gasteiger partial charge in [-0.3, -0.25) is 10.1 Å². The zero-order valence-electron chi connectivity index (χ0n) is 10.3. The molecule has 0 N–H and O–H groups in total. The lowest BCUT2D eigenvalue weighted by atomic mass is 10.2. The smallest absolute Gasteiger partial charge is 0.258 e. The maximum absolute atomic E-state index is 10.8. The van der Waals surface area contributed by atoms with Crippen molar-refractivity contribution >= 4 is 17.3 Å². The van der Waals surface area contributed by atoms with Gasteiger partial charge >= 0.3 is 0 Å². The molecule has 0 spiro atoms. The van der Waals surface area contributed by atoms with E-state index < -0.39 is 4.92 Å². The fraction of sp³-hybridized carbons (Fsp3) is 0. The lowest BCUT2D eigenvalue weighted by molar-refractivity contribution is -0.384. The number of hydrogen-bond donors (Lipinski definition) is 0. The van der Waals surface area contributed by atoms with Crippen LogP contribution in [0.4, 0.5) is 5.69 Å². The van der Waals surface area contributed by atoms with E-state index in [0.717, 1.165) is 0 Å². The molecule has 3 rings (SSSR count). The second-order valence-corrected chi connectivity index (χ2v) is 4.21. The quantitative estimate of drug-likeness (QED) is 0.534. The van der Waals surface area contributed by atoms with Crippen LogP contribution in [0, 0.1) is 10.1 Å². The molecule has 0 atom stereocenters. The summed E-state index contributed by atoms with van der Waals surface area (Å²) in [7, 11) is 0. The van der Waals surface area contributed by atoms with Crippen LogP contribution in [0.5, 0.6) is 0 Å². The van der Waals surface area contributed by atoms with E-state index in [1.807, 2.05) is 0 Å². The molecule has 2 aromatic heterocycles. The van der Waals surface area contributed by atoms with Crippen LogP contribution >= 0.6 is 11.6 Å². The summed E-state index contributed by atoms with van der Waals surface area (Å²) in [6.07, 6.45) is 2.73. The van der Waals surface area contributed by atoms with Gasteiger partial charge in [-0.1, -0.05) is 12.1 Å². The minimum absolute atomic E-state index is 0.0444. The van der Waals surface area contributed by atoms with E-state index in [0.29, 0.717) is 5.56 Å². The summed E-state index contributed by atoms with van der Waals surface area (Å²) in [6, 6.07) is 5.92. The summed E-state index contributed by atoms with van der Waals surface area (Å²) in [5.74, 6) is 0.387. The van der Waals surface area contributed by atoms with Crippen molar-refractivity contribution in [1.29, 1.82) is 0 Å². The number of aromatic nitrogens is 6. The molecule has 21 heavy (non-hydrogen) atoms. The first-order valence-corrected chi connectivity index (χ1v) is 6.03. The Bertz CT molecular complexity index is 806. The van der Waals surface area contributed by atoms with Gasteiger partial charge in [0.2, 0.25) is 5.28 Å². The van der Waals surface area contributed by atoms with Crippen molar-refractivity contribution in [2.75, 3.05) is 0 Å². The van der Waals surface area contributed by atoms with E-state index in [-0.39, 0.29) is 22.7 Å². The third-order valence-electron chi connectivity index (χ3n) is 2.54. The molecule has 0 aliphatic heterocycles. The van der Waals surface area contributed by atoms with Gasteiger partial charge in [-0.2, -0.15) is 24.7 Å². The van der Waals surface area contributed by atoms with Gasteiger partial charge in [-0.15, -0.1) is 0 Å². The molecule has 10 heteroatoms. The van der Waals surface area contributed by atoms with Crippen LogP contribution in [0.15, 0.2) is 36.9 Å². The minimum Gasteiger partial charge on any atom is -0.258 e. The van der Waals surface area contributed by atoms with E-state index in [9.17, 15) is 10.1 Å². The predicted octanol–water partition coefficient (Wildman–Crippen LogP) is 1.68. The van der Waals surface area contributed by atoms with Crippen LogP contribution in [-0.4, -0.2) is 34.6 Å². The average Bonchev–Trinajstić information content (AvgIpc) is 3.01. The van der Waals surface area contributed by atoms with Gasteiger partial charge in [0, 0.05) is 17.7 Å². The zero-order chi connectivity index (χ0) is 14.8. The molecule has 9 nitrogen and oxygen atoms in total. The zero-order valence-corrected chi connectivity index (χ0v) is 11.0. The van der Waals surface area contributed by atoms with E-state index in [1.54, 1.807) is 12.1 Å². The number of benzene rings is 1. The maximum Gasteiger partial charge on any atom is 0.270 e. The lowest BCUT2D eigenvalue weighted by Crippen LogP contribution is -2.05. The number of rotatable bonds is 3. The van der Waals surface area contributed by atoms with E-state index in [4.69, 9.17) is 11.6 Å². The van der Waals surface area contributed by atoms with Crippen LogP contribution in [-0.2, 0) is 0 Å². The lowest BCUT2D eigenvalue weighted by Gasteiger charge is -2.03. The first kappa shape index (κ1) is 13.1. The van der Waals surface area contributed by atoms with Gasteiger partial charge in [-0.25, -0.2) is 4.98 Å². The Morgan fingerprint density at radius 2 is 2.10 bits per heavy atom. The molecular weight excluding hydrogens is 298 g/mol. The normalized spacial score (nSPS) is 10.5. The number of non-ortho nitro benzene ring substituents is 1. The van der Waals surface area contributed by atoms with E-state index in [1.165, 1.54) is 29.5 Å². The molecule has 0 saturated carbocycles. The molecule has 0 radical (unpaired) electrons. The van der Waals surface area contributed by atoms with Gasteiger partial charge < -0.3 is 0 Å². The molecule has 3 aromatic rings. The molecule has 0 aliphatic carbocycles. The van der Waals surface area contributed by atoms with Crippen molar-refractivity contribution in [3.05, 3.63) is 52.3 Å². The Labute approximate surface area is 122 Å². The first-order valence-electron chi connectivity index (χ1n) is 5.65. The SMILES string of the molecule is O=[N+]([O-])c1cccc(-c2nc(Cl)nc(-n3cncn3)n2)c1. The van der Waals surface area contributed by atoms with Crippen LogP contribution in [0.25, 0.3) is 17.3 Å². The number of nitrogens with zero attached hydrogens (tertiary/aromatic N) is 7. The summed E-state index contributed by atoms with van der Waals surface area (Å²) in [4.78, 5) is 26.2. The number of nitro groups is 1. The van der Waals surface area contributed by atoms with Crippen molar-refractivity contribution in [2.45, 2.75) is 0 Å². The van der Waals surface area contributed by atoms with Crippen LogP contribution in [0.3, 0.4) is 0 Å². The second-order valence-electron chi connectivity index (χ2n) is 3.88. The molecule has 104 valence electrons. The van der Waals surface area contributed by atoms with Crippen LogP contribution in [0.2, 0.25) is 5.28 Å². The van der Waals surface area contributed by atoms with Gasteiger partial charge in [0.1, 0.15) is 12.7 Å². The highest BCUT2D eigenvalue weighted by molar-refractivity contribution is 6.28. The highest BCUT2D eigenvalue weighted by Crippen LogP contribution is 2.22. The Hall–Kier alpha value is -2.94. The highest BCUT2D eigenvalue weighted by atomic mass is 35.5. The third-order valence-corrected chi connectivity index (χ3v) is 2.70. The van der Waals surface area contributed by atoms with Crippen molar-refractivity contribution < 1.29 is 4.92 Å². The average molecular weight is 304 g/mol. The first-order chi connectivity index (χ1) is 10.1. The molecule has 2 heterocycles. The van der Waals surface area contributed by atoms with Gasteiger partial charge in [0.05, 0.1) is 4.92 Å². The third kappa shape index (κ3) is 2.67.